The molecule has 1 saturated heterocycles. The van der Waals surface area contributed by atoms with Crippen molar-refractivity contribution in [2.24, 2.45) is 0 Å². The van der Waals surface area contributed by atoms with Gasteiger partial charge in [0.25, 0.3) is 5.91 Å². The summed E-state index contributed by atoms with van der Waals surface area (Å²) in [5.41, 5.74) is 2.46. The van der Waals surface area contributed by atoms with Gasteiger partial charge in [-0.3, -0.25) is 14.5 Å². The van der Waals surface area contributed by atoms with Gasteiger partial charge in [-0.05, 0) is 58.0 Å². The van der Waals surface area contributed by atoms with Crippen molar-refractivity contribution in [3.63, 3.8) is 0 Å². The van der Waals surface area contributed by atoms with E-state index in [1.54, 1.807) is 24.3 Å². The second-order valence-electron chi connectivity index (χ2n) is 10.2. The van der Waals surface area contributed by atoms with Gasteiger partial charge in [0.1, 0.15) is 0 Å². The van der Waals surface area contributed by atoms with Crippen molar-refractivity contribution in [1.29, 1.82) is 0 Å². The van der Waals surface area contributed by atoms with Crippen LogP contribution >= 0.6 is 0 Å². The van der Waals surface area contributed by atoms with Crippen molar-refractivity contribution in [2.45, 2.75) is 39.4 Å². The highest BCUT2D eigenvalue weighted by atomic mass is 19.4. The first-order valence-electron chi connectivity index (χ1n) is 12.3. The van der Waals surface area contributed by atoms with Crippen molar-refractivity contribution < 1.29 is 42.6 Å². The lowest BCUT2D eigenvalue weighted by Crippen LogP contribution is -2.52. The van der Waals surface area contributed by atoms with E-state index >= 15 is 0 Å². The fourth-order valence-electron chi connectivity index (χ4n) is 3.78. The average Bonchev–Trinajstić information content (AvgIpc) is 2.83. The minimum Gasteiger partial charge on any atom is -0.478 e. The number of rotatable bonds is 6. The number of hydrogen-bond acceptors (Lipinski definition) is 6. The average molecular weight is 567 g/mol. The Bertz CT molecular complexity index is 1220. The molecule has 0 aliphatic carbocycles. The van der Waals surface area contributed by atoms with E-state index in [9.17, 15) is 32.7 Å². The third kappa shape index (κ3) is 10.2. The molecule has 2 amide bonds. The Morgan fingerprint density at radius 1 is 0.900 bits per heavy atom. The quantitative estimate of drug-likeness (QED) is 0.416. The second-order valence-corrected chi connectivity index (χ2v) is 10.2. The summed E-state index contributed by atoms with van der Waals surface area (Å²) in [6.45, 7) is 10.6. The van der Waals surface area contributed by atoms with Gasteiger partial charge in [-0.2, -0.15) is 13.2 Å². The van der Waals surface area contributed by atoms with Gasteiger partial charge in [0.05, 0.1) is 17.8 Å². The molecular formula is C27H33F3N4O6. The Kier molecular flexibility index (Phi) is 10.7. The Hall–Kier alpha value is -4.13. The number of aryl methyl sites for hydroxylation is 1. The fourth-order valence-corrected chi connectivity index (χ4v) is 3.78. The van der Waals surface area contributed by atoms with Gasteiger partial charge >= 0.3 is 18.1 Å². The van der Waals surface area contributed by atoms with Crippen LogP contribution in [0.15, 0.2) is 42.5 Å². The number of alkyl halides is 3. The van der Waals surface area contributed by atoms with Crippen molar-refractivity contribution in [2.75, 3.05) is 42.9 Å². The molecule has 1 heterocycles. The van der Waals surface area contributed by atoms with E-state index in [-0.39, 0.29) is 22.9 Å². The van der Waals surface area contributed by atoms with Crippen molar-refractivity contribution in [3.05, 3.63) is 59.2 Å². The molecule has 40 heavy (non-hydrogen) atoms. The number of carboxylic acids is 2. The topological polar surface area (TPSA) is 139 Å². The van der Waals surface area contributed by atoms with Crippen LogP contribution in [0.1, 0.15) is 47.1 Å². The van der Waals surface area contributed by atoms with E-state index in [1.165, 1.54) is 6.07 Å². The predicted molar refractivity (Wildman–Crippen MR) is 143 cm³/mol. The van der Waals surface area contributed by atoms with Gasteiger partial charge in [0, 0.05) is 43.0 Å². The Morgan fingerprint density at radius 3 is 1.93 bits per heavy atom. The molecule has 10 nitrogen and oxygen atoms in total. The molecule has 0 aromatic heterocycles. The number of hydrogen-bond donors (Lipinski definition) is 4. The molecule has 1 aliphatic rings. The lowest BCUT2D eigenvalue weighted by Gasteiger charge is -2.36. The van der Waals surface area contributed by atoms with Gasteiger partial charge in [0.2, 0.25) is 5.91 Å². The normalized spacial score (nSPS) is 14.0. The van der Waals surface area contributed by atoms with E-state index in [0.717, 1.165) is 5.56 Å². The summed E-state index contributed by atoms with van der Waals surface area (Å²) in [6, 6.07) is 12.1. The first-order valence-corrected chi connectivity index (χ1v) is 12.3. The minimum absolute atomic E-state index is 0.0177. The summed E-state index contributed by atoms with van der Waals surface area (Å²) in [5, 5.41) is 22.6. The van der Waals surface area contributed by atoms with Crippen LogP contribution in [0.25, 0.3) is 0 Å². The van der Waals surface area contributed by atoms with Crippen molar-refractivity contribution >= 4 is 35.1 Å². The maximum absolute atomic E-state index is 12.5. The number of anilines is 2. The van der Waals surface area contributed by atoms with Crippen LogP contribution < -0.4 is 15.5 Å². The first-order chi connectivity index (χ1) is 18.5. The number of nitrogens with zero attached hydrogens (tertiary/aromatic N) is 2. The number of carbonyl (C=O) groups is 4. The van der Waals surface area contributed by atoms with Crippen LogP contribution in [0.2, 0.25) is 0 Å². The number of benzene rings is 2. The molecule has 0 spiro atoms. The van der Waals surface area contributed by atoms with E-state index in [0.29, 0.717) is 49.7 Å². The maximum Gasteiger partial charge on any atom is 0.490 e. The highest BCUT2D eigenvalue weighted by Gasteiger charge is 2.38. The van der Waals surface area contributed by atoms with Gasteiger partial charge in [-0.25, -0.2) is 9.59 Å². The molecule has 2 aromatic rings. The summed E-state index contributed by atoms with van der Waals surface area (Å²) in [6.07, 6.45) is -5.08. The summed E-state index contributed by atoms with van der Waals surface area (Å²) < 4.78 is 31.7. The monoisotopic (exact) mass is 566 g/mol. The molecule has 0 unspecified atom stereocenters. The molecular weight excluding hydrogens is 533 g/mol. The molecule has 1 aliphatic heterocycles. The zero-order valence-corrected chi connectivity index (χ0v) is 22.6. The summed E-state index contributed by atoms with van der Waals surface area (Å²) >= 11 is 0. The summed E-state index contributed by atoms with van der Waals surface area (Å²) in [4.78, 5) is 49.6. The van der Waals surface area contributed by atoms with E-state index < -0.39 is 18.1 Å². The number of amides is 2. The minimum atomic E-state index is -5.08. The fraction of sp³-hybridized carbons (Fsp3) is 0.407. The van der Waals surface area contributed by atoms with Gasteiger partial charge in [-0.1, -0.05) is 17.7 Å². The molecule has 0 radical (unpaired) electrons. The molecule has 1 fully saturated rings. The SMILES string of the molecule is Cc1ccc(C(=O)Nc2ccc(N3CCN(CC(=O)NC(C)(C)C)CC3)c(C(=O)O)c2)cc1.O=C(O)C(F)(F)F. The highest BCUT2D eigenvalue weighted by molar-refractivity contribution is 6.05. The predicted octanol–water partition coefficient (Wildman–Crippen LogP) is 3.62. The number of aromatic carboxylic acids is 1. The van der Waals surface area contributed by atoms with Crippen molar-refractivity contribution in [1.82, 2.24) is 10.2 Å². The molecule has 2 aromatic carbocycles. The smallest absolute Gasteiger partial charge is 0.478 e. The van der Waals surface area contributed by atoms with Gasteiger partial charge in [-0.15, -0.1) is 0 Å². The Labute approximate surface area is 229 Å². The van der Waals surface area contributed by atoms with Crippen LogP contribution in [0, 0.1) is 6.92 Å². The third-order valence-electron chi connectivity index (χ3n) is 5.64. The number of carboxylic acid groups (broad SMARTS) is 2. The third-order valence-corrected chi connectivity index (χ3v) is 5.64. The standard InChI is InChI=1S/C25H32N4O4.C2HF3O2/c1-17-5-7-18(8-6-17)23(31)26-19-9-10-21(20(15-19)24(32)33)29-13-11-28(12-14-29)16-22(30)27-25(2,3)4;3-2(4,5)1(6)7/h5-10,15H,11-14,16H2,1-4H3,(H,26,31)(H,27,30)(H,32,33);(H,6,7). The molecule has 0 bridgehead atoms. The Morgan fingerprint density at radius 2 is 1.45 bits per heavy atom. The molecule has 0 saturated carbocycles. The molecule has 4 N–H and O–H groups in total. The van der Waals surface area contributed by atoms with Crippen LogP contribution in [0.3, 0.4) is 0 Å². The molecule has 3 rings (SSSR count). The van der Waals surface area contributed by atoms with Crippen LogP contribution in [0.4, 0.5) is 24.5 Å². The number of piperazine rings is 1. The summed E-state index contributed by atoms with van der Waals surface area (Å²) in [7, 11) is 0. The van der Waals surface area contributed by atoms with E-state index in [2.05, 4.69) is 15.5 Å². The lowest BCUT2D eigenvalue weighted by atomic mass is 10.1. The van der Waals surface area contributed by atoms with E-state index in [4.69, 9.17) is 9.90 Å². The zero-order valence-electron chi connectivity index (χ0n) is 22.6. The lowest BCUT2D eigenvalue weighted by molar-refractivity contribution is -0.192. The number of carbonyl (C=O) groups excluding carboxylic acids is 2. The first kappa shape index (κ1) is 32.1. The molecule has 13 heteroatoms. The van der Waals surface area contributed by atoms with Crippen LogP contribution in [-0.2, 0) is 9.59 Å². The highest BCUT2D eigenvalue weighted by Crippen LogP contribution is 2.26. The number of aliphatic carboxylic acids is 1. The zero-order chi connectivity index (χ0) is 30.3. The Balaban J connectivity index is 0.000000708. The summed E-state index contributed by atoms with van der Waals surface area (Å²) in [5.74, 6) is -4.12. The number of nitrogens with one attached hydrogen (secondary N) is 2. The van der Waals surface area contributed by atoms with Crippen LogP contribution in [0.5, 0.6) is 0 Å². The molecule has 0 atom stereocenters. The maximum atomic E-state index is 12.5. The van der Waals surface area contributed by atoms with E-state index in [1.807, 2.05) is 44.7 Å². The van der Waals surface area contributed by atoms with Gasteiger partial charge in [0.15, 0.2) is 0 Å². The molecule has 218 valence electrons. The number of halogens is 3. The second kappa shape index (κ2) is 13.3. The van der Waals surface area contributed by atoms with Crippen molar-refractivity contribution in [3.8, 4) is 0 Å². The van der Waals surface area contributed by atoms with Crippen LogP contribution in [-0.4, -0.2) is 83.3 Å². The largest absolute Gasteiger partial charge is 0.490 e. The van der Waals surface area contributed by atoms with Gasteiger partial charge < -0.3 is 25.7 Å².